The molecule has 23 heavy (non-hydrogen) atoms. The molecule has 2 N–H and O–H groups in total. The first kappa shape index (κ1) is 16.8. The second-order valence-electron chi connectivity index (χ2n) is 5.05. The maximum absolute atomic E-state index is 12.8. The van der Waals surface area contributed by atoms with Crippen LogP contribution in [0.3, 0.4) is 0 Å². The van der Waals surface area contributed by atoms with Crippen molar-refractivity contribution < 1.29 is 13.9 Å². The number of carbonyl (C=O) groups excluding carboxylic acids is 1. The van der Waals surface area contributed by atoms with E-state index in [2.05, 4.69) is 17.6 Å². The second kappa shape index (κ2) is 8.78. The van der Waals surface area contributed by atoms with Crippen LogP contribution in [-0.2, 0) is 13.0 Å². The average molecular weight is 316 g/mol. The Morgan fingerprint density at radius 2 is 1.83 bits per heavy atom. The molecule has 0 heterocycles. The zero-order valence-electron chi connectivity index (χ0n) is 13.1. The van der Waals surface area contributed by atoms with Crippen LogP contribution in [0.2, 0.25) is 0 Å². The van der Waals surface area contributed by atoms with Gasteiger partial charge in [0.15, 0.2) is 0 Å². The van der Waals surface area contributed by atoms with Crippen LogP contribution in [0.4, 0.5) is 9.18 Å². The first-order chi connectivity index (χ1) is 11.2. The Hall–Kier alpha value is -2.56. The van der Waals surface area contributed by atoms with Crippen molar-refractivity contribution in [3.8, 4) is 5.75 Å². The van der Waals surface area contributed by atoms with Crippen molar-refractivity contribution in [2.75, 3.05) is 13.2 Å². The molecule has 0 aliphatic carbocycles. The normalized spacial score (nSPS) is 10.2. The fraction of sp³-hybridized carbons (Fsp3) is 0.278. The van der Waals surface area contributed by atoms with Crippen LogP contribution in [0, 0.1) is 5.82 Å². The molecule has 0 atom stereocenters. The highest BCUT2D eigenvalue weighted by Crippen LogP contribution is 2.17. The highest BCUT2D eigenvalue weighted by molar-refractivity contribution is 5.73. The summed E-state index contributed by atoms with van der Waals surface area (Å²) in [5, 5.41) is 5.43. The molecule has 2 aromatic rings. The van der Waals surface area contributed by atoms with E-state index in [0.29, 0.717) is 19.7 Å². The molecule has 4 nitrogen and oxygen atoms in total. The van der Waals surface area contributed by atoms with Gasteiger partial charge in [0.05, 0.1) is 6.54 Å². The summed E-state index contributed by atoms with van der Waals surface area (Å²) in [7, 11) is 0. The third-order valence-corrected chi connectivity index (χ3v) is 3.37. The number of amides is 2. The van der Waals surface area contributed by atoms with E-state index in [4.69, 9.17) is 4.74 Å². The molecule has 0 radical (unpaired) electrons. The molecule has 0 bridgehead atoms. The number of aryl methyl sites for hydroxylation is 1. The highest BCUT2D eigenvalue weighted by atomic mass is 19.1. The Bertz CT molecular complexity index is 629. The molecule has 2 rings (SSSR count). The van der Waals surface area contributed by atoms with Gasteiger partial charge in [-0.05, 0) is 35.7 Å². The van der Waals surface area contributed by atoms with Gasteiger partial charge in [0.25, 0.3) is 0 Å². The SMILES string of the molecule is CCc1ccccc1OCCNC(=O)NCc1ccc(F)cc1. The lowest BCUT2D eigenvalue weighted by Gasteiger charge is -2.11. The van der Waals surface area contributed by atoms with Crippen LogP contribution in [0.5, 0.6) is 5.75 Å². The summed E-state index contributed by atoms with van der Waals surface area (Å²) >= 11 is 0. The Morgan fingerprint density at radius 1 is 1.09 bits per heavy atom. The minimum absolute atomic E-state index is 0.276. The van der Waals surface area contributed by atoms with Crippen LogP contribution in [-0.4, -0.2) is 19.2 Å². The Morgan fingerprint density at radius 3 is 2.57 bits per heavy atom. The van der Waals surface area contributed by atoms with Crippen molar-refractivity contribution in [1.82, 2.24) is 10.6 Å². The van der Waals surface area contributed by atoms with Gasteiger partial charge in [-0.25, -0.2) is 9.18 Å². The molecular formula is C18H21FN2O2. The van der Waals surface area contributed by atoms with Crippen LogP contribution in [0.25, 0.3) is 0 Å². The molecule has 0 spiro atoms. The molecule has 122 valence electrons. The van der Waals surface area contributed by atoms with Gasteiger partial charge in [0, 0.05) is 6.54 Å². The lowest BCUT2D eigenvalue weighted by atomic mass is 10.1. The predicted molar refractivity (Wildman–Crippen MR) is 88.0 cm³/mol. The quantitative estimate of drug-likeness (QED) is 0.770. The van der Waals surface area contributed by atoms with E-state index in [1.165, 1.54) is 12.1 Å². The van der Waals surface area contributed by atoms with Gasteiger partial charge in [0.2, 0.25) is 0 Å². The third-order valence-electron chi connectivity index (χ3n) is 3.37. The van der Waals surface area contributed by atoms with Gasteiger partial charge in [-0.1, -0.05) is 37.3 Å². The summed E-state index contributed by atoms with van der Waals surface area (Å²) in [5.74, 6) is 0.561. The van der Waals surface area contributed by atoms with Gasteiger partial charge in [-0.2, -0.15) is 0 Å². The second-order valence-corrected chi connectivity index (χ2v) is 5.05. The summed E-state index contributed by atoms with van der Waals surface area (Å²) in [6.07, 6.45) is 0.905. The summed E-state index contributed by atoms with van der Waals surface area (Å²) in [6, 6.07) is 13.6. The van der Waals surface area contributed by atoms with Crippen molar-refractivity contribution in [2.24, 2.45) is 0 Å². The average Bonchev–Trinajstić information content (AvgIpc) is 2.58. The van der Waals surface area contributed by atoms with Crippen molar-refractivity contribution in [1.29, 1.82) is 0 Å². The largest absolute Gasteiger partial charge is 0.491 e. The minimum atomic E-state index is -0.289. The number of benzene rings is 2. The number of carbonyl (C=O) groups is 1. The summed E-state index contributed by atoms with van der Waals surface area (Å²) in [4.78, 5) is 11.7. The van der Waals surface area contributed by atoms with Crippen LogP contribution in [0.1, 0.15) is 18.1 Å². The number of ether oxygens (including phenoxy) is 1. The molecule has 2 aromatic carbocycles. The molecule has 5 heteroatoms. The monoisotopic (exact) mass is 316 g/mol. The number of urea groups is 1. The van der Waals surface area contributed by atoms with E-state index in [1.54, 1.807) is 12.1 Å². The fourth-order valence-electron chi connectivity index (χ4n) is 2.11. The van der Waals surface area contributed by atoms with E-state index >= 15 is 0 Å². The molecule has 0 aliphatic heterocycles. The number of rotatable bonds is 7. The van der Waals surface area contributed by atoms with Gasteiger partial charge < -0.3 is 15.4 Å². The number of hydrogen-bond donors (Lipinski definition) is 2. The Labute approximate surface area is 135 Å². The Balaban J connectivity index is 1.66. The predicted octanol–water partition coefficient (Wildman–Crippen LogP) is 3.27. The van der Waals surface area contributed by atoms with Crippen LogP contribution >= 0.6 is 0 Å². The van der Waals surface area contributed by atoms with Crippen LogP contribution in [0.15, 0.2) is 48.5 Å². The molecule has 0 aromatic heterocycles. The van der Waals surface area contributed by atoms with Gasteiger partial charge in [0.1, 0.15) is 18.2 Å². The number of nitrogens with one attached hydrogen (secondary N) is 2. The molecule has 0 fully saturated rings. The van der Waals surface area contributed by atoms with Gasteiger partial charge >= 0.3 is 6.03 Å². The lowest BCUT2D eigenvalue weighted by Crippen LogP contribution is -2.37. The fourth-order valence-corrected chi connectivity index (χ4v) is 2.11. The first-order valence-corrected chi connectivity index (χ1v) is 7.66. The maximum Gasteiger partial charge on any atom is 0.315 e. The van der Waals surface area contributed by atoms with Gasteiger partial charge in [-0.3, -0.25) is 0 Å². The molecule has 0 saturated heterocycles. The first-order valence-electron chi connectivity index (χ1n) is 7.66. The standard InChI is InChI=1S/C18H21FN2O2/c1-2-15-5-3-4-6-17(15)23-12-11-20-18(22)21-13-14-7-9-16(19)10-8-14/h3-10H,2,11-13H2,1H3,(H2,20,21,22). The smallest absolute Gasteiger partial charge is 0.315 e. The van der Waals surface area contributed by atoms with Gasteiger partial charge in [-0.15, -0.1) is 0 Å². The van der Waals surface area contributed by atoms with E-state index in [-0.39, 0.29) is 11.8 Å². The van der Waals surface area contributed by atoms with E-state index in [0.717, 1.165) is 23.3 Å². The van der Waals surface area contributed by atoms with Crippen LogP contribution < -0.4 is 15.4 Å². The van der Waals surface area contributed by atoms with Crippen molar-refractivity contribution in [3.63, 3.8) is 0 Å². The minimum Gasteiger partial charge on any atom is -0.491 e. The van der Waals surface area contributed by atoms with E-state index in [1.807, 2.05) is 24.3 Å². The van der Waals surface area contributed by atoms with Crippen molar-refractivity contribution in [3.05, 3.63) is 65.5 Å². The van der Waals surface area contributed by atoms with Crippen molar-refractivity contribution in [2.45, 2.75) is 19.9 Å². The summed E-state index contributed by atoms with van der Waals surface area (Å²) in [5.41, 5.74) is 1.99. The highest BCUT2D eigenvalue weighted by Gasteiger charge is 2.02. The molecule has 0 unspecified atom stereocenters. The van der Waals surface area contributed by atoms with Crippen molar-refractivity contribution >= 4 is 6.03 Å². The number of halogens is 1. The van der Waals surface area contributed by atoms with E-state index < -0.39 is 0 Å². The summed E-state index contributed by atoms with van der Waals surface area (Å²) < 4.78 is 18.4. The summed E-state index contributed by atoms with van der Waals surface area (Å²) in [6.45, 7) is 3.24. The number of hydrogen-bond acceptors (Lipinski definition) is 2. The maximum atomic E-state index is 12.8. The topological polar surface area (TPSA) is 50.4 Å². The number of para-hydroxylation sites is 1. The zero-order valence-corrected chi connectivity index (χ0v) is 13.1. The molecular weight excluding hydrogens is 295 g/mol. The Kier molecular flexibility index (Phi) is 6.41. The molecule has 0 aliphatic rings. The molecule has 2 amide bonds. The molecule has 0 saturated carbocycles. The zero-order chi connectivity index (χ0) is 16.5. The van der Waals surface area contributed by atoms with E-state index in [9.17, 15) is 9.18 Å². The lowest BCUT2D eigenvalue weighted by molar-refractivity contribution is 0.236. The third kappa shape index (κ3) is 5.62.